The van der Waals surface area contributed by atoms with Crippen LogP contribution >= 0.6 is 23.1 Å². The number of aromatic nitrogens is 1. The minimum Gasteiger partial charge on any atom is -0.369 e. The van der Waals surface area contributed by atoms with Gasteiger partial charge in [-0.15, -0.1) is 11.3 Å². The lowest BCUT2D eigenvalue weighted by Gasteiger charge is -2.10. The fourth-order valence-corrected chi connectivity index (χ4v) is 4.34. The number of halogens is 2. The maximum Gasteiger partial charge on any atom is 0.222 e. The lowest BCUT2D eigenvalue weighted by molar-refractivity contribution is -0.117. The molecule has 0 aliphatic rings. The molecule has 0 saturated carbocycles. The van der Waals surface area contributed by atoms with E-state index in [1.807, 2.05) is 0 Å². The quantitative estimate of drug-likeness (QED) is 0.853. The predicted molar refractivity (Wildman–Crippen MR) is 80.4 cm³/mol. The van der Waals surface area contributed by atoms with Crippen molar-refractivity contribution in [3.8, 4) is 0 Å². The molecule has 21 heavy (non-hydrogen) atoms. The normalized spacial score (nSPS) is 12.4. The molecular formula is C14H14F2N2OS2. The van der Waals surface area contributed by atoms with Crippen LogP contribution in [0.2, 0.25) is 0 Å². The first kappa shape index (κ1) is 15.9. The Morgan fingerprint density at radius 1 is 1.48 bits per heavy atom. The van der Waals surface area contributed by atoms with E-state index in [9.17, 15) is 13.6 Å². The number of amides is 1. The predicted octanol–water partition coefficient (Wildman–Crippen LogP) is 3.61. The van der Waals surface area contributed by atoms with E-state index in [1.165, 1.54) is 29.2 Å². The number of aryl methyl sites for hydroxylation is 1. The molecule has 3 nitrogen and oxygen atoms in total. The Morgan fingerprint density at radius 3 is 2.86 bits per heavy atom. The highest BCUT2D eigenvalue weighted by atomic mass is 32.2. The minimum absolute atomic E-state index is 0.146. The van der Waals surface area contributed by atoms with Crippen LogP contribution < -0.4 is 5.73 Å². The number of thiazole rings is 1. The number of thioether (sulfide) groups is 1. The first-order valence-electron chi connectivity index (χ1n) is 6.23. The van der Waals surface area contributed by atoms with E-state index in [4.69, 9.17) is 5.73 Å². The number of primary amides is 1. The van der Waals surface area contributed by atoms with Crippen LogP contribution in [-0.2, 0) is 11.2 Å². The van der Waals surface area contributed by atoms with E-state index < -0.39 is 17.5 Å². The van der Waals surface area contributed by atoms with E-state index in [2.05, 4.69) is 4.98 Å². The van der Waals surface area contributed by atoms with Crippen LogP contribution in [0.3, 0.4) is 0 Å². The van der Waals surface area contributed by atoms with Gasteiger partial charge in [-0.05, 0) is 32.0 Å². The van der Waals surface area contributed by atoms with Crippen molar-refractivity contribution in [3.63, 3.8) is 0 Å². The van der Waals surface area contributed by atoms with Crippen molar-refractivity contribution in [2.75, 3.05) is 0 Å². The molecule has 112 valence electrons. The zero-order chi connectivity index (χ0) is 15.6. The molecule has 0 saturated heterocycles. The number of nitrogens with two attached hydrogens (primary N) is 1. The fraction of sp³-hybridized carbons (Fsp3) is 0.286. The van der Waals surface area contributed by atoms with Gasteiger partial charge in [0.1, 0.15) is 11.6 Å². The zero-order valence-corrected chi connectivity index (χ0v) is 13.2. The standard InChI is InChI=1S/C14H14F2N2OS2/c1-7-12(6-13(17)19)21-14(18-7)20-8(2)10-5-9(15)3-4-11(10)16/h3-5,8H,6H2,1-2H3,(H2,17,19). The largest absolute Gasteiger partial charge is 0.369 e. The van der Waals surface area contributed by atoms with E-state index in [0.29, 0.717) is 9.90 Å². The summed E-state index contributed by atoms with van der Waals surface area (Å²) in [6.07, 6.45) is 0.146. The van der Waals surface area contributed by atoms with Crippen molar-refractivity contribution in [3.05, 3.63) is 46.0 Å². The highest BCUT2D eigenvalue weighted by Crippen LogP contribution is 2.39. The van der Waals surface area contributed by atoms with Crippen molar-refractivity contribution >= 4 is 29.0 Å². The van der Waals surface area contributed by atoms with Crippen molar-refractivity contribution in [2.24, 2.45) is 5.73 Å². The molecule has 0 aliphatic heterocycles. The van der Waals surface area contributed by atoms with Gasteiger partial charge in [-0.25, -0.2) is 13.8 Å². The van der Waals surface area contributed by atoms with E-state index in [-0.39, 0.29) is 11.7 Å². The van der Waals surface area contributed by atoms with Gasteiger partial charge in [-0.2, -0.15) is 0 Å². The molecular weight excluding hydrogens is 314 g/mol. The summed E-state index contributed by atoms with van der Waals surface area (Å²) >= 11 is 2.69. The van der Waals surface area contributed by atoms with Gasteiger partial charge in [0.15, 0.2) is 4.34 Å². The number of hydrogen-bond donors (Lipinski definition) is 1. The molecule has 1 atom stereocenters. The molecule has 1 heterocycles. The third-order valence-electron chi connectivity index (χ3n) is 2.88. The number of benzene rings is 1. The van der Waals surface area contributed by atoms with E-state index >= 15 is 0 Å². The summed E-state index contributed by atoms with van der Waals surface area (Å²) in [6, 6.07) is 3.40. The molecule has 1 aromatic carbocycles. The monoisotopic (exact) mass is 328 g/mol. The first-order valence-corrected chi connectivity index (χ1v) is 7.92. The number of hydrogen-bond acceptors (Lipinski definition) is 4. The Bertz CT molecular complexity index is 673. The highest BCUT2D eigenvalue weighted by Gasteiger charge is 2.17. The maximum absolute atomic E-state index is 13.7. The highest BCUT2D eigenvalue weighted by molar-refractivity contribution is 8.01. The van der Waals surface area contributed by atoms with Crippen molar-refractivity contribution in [1.29, 1.82) is 0 Å². The number of rotatable bonds is 5. The lowest BCUT2D eigenvalue weighted by Crippen LogP contribution is -2.13. The van der Waals surface area contributed by atoms with E-state index in [0.717, 1.165) is 22.7 Å². The molecule has 2 N–H and O–H groups in total. The van der Waals surface area contributed by atoms with Gasteiger partial charge in [-0.3, -0.25) is 4.79 Å². The maximum atomic E-state index is 13.7. The molecule has 0 fully saturated rings. The summed E-state index contributed by atoms with van der Waals surface area (Å²) in [4.78, 5) is 16.1. The lowest BCUT2D eigenvalue weighted by atomic mass is 10.1. The molecule has 7 heteroatoms. The molecule has 1 aromatic heterocycles. The second-order valence-electron chi connectivity index (χ2n) is 4.56. The summed E-state index contributed by atoms with van der Waals surface area (Å²) in [5.41, 5.74) is 6.21. The number of carbonyl (C=O) groups is 1. The summed E-state index contributed by atoms with van der Waals surface area (Å²) in [5, 5.41) is -0.285. The van der Waals surface area contributed by atoms with Gasteiger partial charge in [0.05, 0.1) is 12.1 Å². The van der Waals surface area contributed by atoms with Crippen LogP contribution in [0.25, 0.3) is 0 Å². The molecule has 0 radical (unpaired) electrons. The summed E-state index contributed by atoms with van der Waals surface area (Å²) in [5.74, 6) is -1.33. The van der Waals surface area contributed by atoms with Gasteiger partial charge >= 0.3 is 0 Å². The zero-order valence-electron chi connectivity index (χ0n) is 11.5. The molecule has 0 bridgehead atoms. The van der Waals surface area contributed by atoms with Gasteiger partial charge in [0.2, 0.25) is 5.91 Å². The minimum atomic E-state index is -0.469. The topological polar surface area (TPSA) is 56.0 Å². The van der Waals surface area contributed by atoms with Crippen LogP contribution in [0.1, 0.15) is 28.3 Å². The summed E-state index contributed by atoms with van der Waals surface area (Å²) < 4.78 is 27.6. The third kappa shape index (κ3) is 4.01. The average Bonchev–Trinajstić information content (AvgIpc) is 2.71. The van der Waals surface area contributed by atoms with Crippen LogP contribution in [-0.4, -0.2) is 10.9 Å². The molecule has 0 spiro atoms. The van der Waals surface area contributed by atoms with Gasteiger partial charge in [-0.1, -0.05) is 11.8 Å². The molecule has 0 aliphatic carbocycles. The number of carbonyl (C=O) groups excluding carboxylic acids is 1. The van der Waals surface area contributed by atoms with Gasteiger partial charge in [0.25, 0.3) is 0 Å². The third-order valence-corrected chi connectivity index (χ3v) is 5.27. The fourth-order valence-electron chi connectivity index (χ4n) is 1.81. The number of nitrogens with zero attached hydrogens (tertiary/aromatic N) is 1. The van der Waals surface area contributed by atoms with Gasteiger partial charge in [0, 0.05) is 15.7 Å². The molecule has 1 unspecified atom stereocenters. The van der Waals surface area contributed by atoms with Crippen molar-refractivity contribution in [2.45, 2.75) is 29.9 Å². The smallest absolute Gasteiger partial charge is 0.222 e. The molecule has 2 aromatic rings. The Kier molecular flexibility index (Phi) is 4.95. The van der Waals surface area contributed by atoms with Crippen molar-refractivity contribution in [1.82, 2.24) is 4.98 Å². The Hall–Kier alpha value is -1.47. The SMILES string of the molecule is Cc1nc(SC(C)c2cc(F)ccc2F)sc1CC(N)=O. The van der Waals surface area contributed by atoms with E-state index in [1.54, 1.807) is 13.8 Å². The van der Waals surface area contributed by atoms with Crippen LogP contribution in [0.15, 0.2) is 22.5 Å². The Balaban J connectivity index is 2.17. The second-order valence-corrected chi connectivity index (χ2v) is 7.23. The molecule has 2 rings (SSSR count). The Labute approximate surface area is 129 Å². The van der Waals surface area contributed by atoms with Gasteiger partial charge < -0.3 is 5.73 Å². The van der Waals surface area contributed by atoms with Crippen LogP contribution in [0, 0.1) is 18.6 Å². The van der Waals surface area contributed by atoms with Crippen LogP contribution in [0.4, 0.5) is 8.78 Å². The summed E-state index contributed by atoms with van der Waals surface area (Å²) in [7, 11) is 0. The van der Waals surface area contributed by atoms with Crippen molar-refractivity contribution < 1.29 is 13.6 Å². The average molecular weight is 328 g/mol. The Morgan fingerprint density at radius 2 is 2.19 bits per heavy atom. The first-order chi connectivity index (χ1) is 9.86. The summed E-state index contributed by atoms with van der Waals surface area (Å²) in [6.45, 7) is 3.58. The molecule has 1 amide bonds. The van der Waals surface area contributed by atoms with Crippen LogP contribution in [0.5, 0.6) is 0 Å². The second kappa shape index (κ2) is 6.53.